The number of ether oxygens (including phenoxy) is 2. The molecule has 0 saturated heterocycles. The predicted molar refractivity (Wildman–Crippen MR) is 94.2 cm³/mol. The van der Waals surface area contributed by atoms with E-state index in [9.17, 15) is 9.59 Å². The second-order valence-electron chi connectivity index (χ2n) is 5.96. The van der Waals surface area contributed by atoms with Gasteiger partial charge in [-0.1, -0.05) is 12.1 Å². The highest BCUT2D eigenvalue weighted by Crippen LogP contribution is 2.14. The van der Waals surface area contributed by atoms with Crippen molar-refractivity contribution in [2.24, 2.45) is 0 Å². The van der Waals surface area contributed by atoms with Crippen LogP contribution < -0.4 is 10.1 Å². The van der Waals surface area contributed by atoms with E-state index < -0.39 is 0 Å². The molecule has 0 aliphatic carbocycles. The number of carbonyl (C=O) groups excluding carboxylic acids is 2. The summed E-state index contributed by atoms with van der Waals surface area (Å²) in [6.45, 7) is 2.56. The first-order chi connectivity index (χ1) is 12.6. The number of aromatic nitrogens is 2. The average Bonchev–Trinajstić information content (AvgIpc) is 3.11. The van der Waals surface area contributed by atoms with Crippen LogP contribution >= 0.6 is 0 Å². The van der Waals surface area contributed by atoms with Crippen molar-refractivity contribution in [1.29, 1.82) is 0 Å². The first-order valence-corrected chi connectivity index (χ1v) is 8.39. The van der Waals surface area contributed by atoms with E-state index in [0.29, 0.717) is 38.6 Å². The summed E-state index contributed by atoms with van der Waals surface area (Å²) in [4.78, 5) is 30.7. The first-order valence-electron chi connectivity index (χ1n) is 8.39. The van der Waals surface area contributed by atoms with Crippen LogP contribution in [0.3, 0.4) is 0 Å². The second kappa shape index (κ2) is 8.01. The molecular formula is C18H22N4O4. The van der Waals surface area contributed by atoms with E-state index >= 15 is 0 Å². The fourth-order valence-corrected chi connectivity index (χ4v) is 2.77. The van der Waals surface area contributed by atoms with Crippen molar-refractivity contribution in [2.45, 2.75) is 13.1 Å². The van der Waals surface area contributed by atoms with E-state index in [1.165, 1.54) is 0 Å². The van der Waals surface area contributed by atoms with Gasteiger partial charge in [-0.25, -0.2) is 4.98 Å². The van der Waals surface area contributed by atoms with Gasteiger partial charge in [-0.15, -0.1) is 0 Å². The van der Waals surface area contributed by atoms with Gasteiger partial charge in [0.2, 0.25) is 0 Å². The number of rotatable bonds is 7. The topological polar surface area (TPSA) is 85.7 Å². The third kappa shape index (κ3) is 3.85. The van der Waals surface area contributed by atoms with Gasteiger partial charge in [-0.2, -0.15) is 0 Å². The molecule has 0 bridgehead atoms. The highest BCUT2D eigenvalue weighted by molar-refractivity contribution is 5.96. The minimum absolute atomic E-state index is 0.178. The number of carbonyl (C=O) groups is 2. The smallest absolute Gasteiger partial charge is 0.290 e. The van der Waals surface area contributed by atoms with E-state index in [1.54, 1.807) is 29.9 Å². The molecule has 0 fully saturated rings. The molecule has 1 aromatic heterocycles. The molecule has 3 rings (SSSR count). The lowest BCUT2D eigenvalue weighted by atomic mass is 10.2. The van der Waals surface area contributed by atoms with Crippen molar-refractivity contribution in [3.8, 4) is 5.75 Å². The van der Waals surface area contributed by atoms with Crippen LogP contribution in [0.2, 0.25) is 0 Å². The van der Waals surface area contributed by atoms with E-state index in [-0.39, 0.29) is 17.5 Å². The zero-order chi connectivity index (χ0) is 18.5. The number of hydrogen-bond donors (Lipinski definition) is 1. The molecule has 0 spiro atoms. The predicted octanol–water partition coefficient (Wildman–Crippen LogP) is 0.924. The summed E-state index contributed by atoms with van der Waals surface area (Å²) in [6.07, 6.45) is 1.63. The fraction of sp³-hybridized carbons (Fsp3) is 0.389. The number of nitrogens with one attached hydrogen (secondary N) is 1. The number of fused-ring (bicyclic) bond motifs is 1. The van der Waals surface area contributed by atoms with Gasteiger partial charge in [0.15, 0.2) is 5.82 Å². The summed E-state index contributed by atoms with van der Waals surface area (Å²) in [7, 11) is 3.20. The largest absolute Gasteiger partial charge is 0.497 e. The quantitative estimate of drug-likeness (QED) is 0.796. The van der Waals surface area contributed by atoms with E-state index in [4.69, 9.17) is 9.47 Å². The lowest BCUT2D eigenvalue weighted by molar-refractivity contribution is 0.0633. The summed E-state index contributed by atoms with van der Waals surface area (Å²) in [5, 5.41) is 2.82. The maximum Gasteiger partial charge on any atom is 0.290 e. The van der Waals surface area contributed by atoms with Crippen LogP contribution in [-0.2, 0) is 17.8 Å². The Hall–Kier alpha value is -2.87. The Bertz CT molecular complexity index is 785. The van der Waals surface area contributed by atoms with Crippen LogP contribution in [0.4, 0.5) is 0 Å². The minimum atomic E-state index is -0.307. The number of benzene rings is 1. The van der Waals surface area contributed by atoms with Gasteiger partial charge in [0.1, 0.15) is 11.4 Å². The maximum absolute atomic E-state index is 12.4. The molecule has 2 amide bonds. The number of hydrogen-bond acceptors (Lipinski definition) is 5. The Labute approximate surface area is 151 Å². The minimum Gasteiger partial charge on any atom is -0.497 e. The van der Waals surface area contributed by atoms with Gasteiger partial charge in [0, 0.05) is 39.5 Å². The molecule has 8 nitrogen and oxygen atoms in total. The van der Waals surface area contributed by atoms with Crippen molar-refractivity contribution < 1.29 is 19.1 Å². The van der Waals surface area contributed by atoms with Crippen molar-refractivity contribution >= 4 is 11.8 Å². The molecule has 0 atom stereocenters. The Morgan fingerprint density at radius 3 is 2.69 bits per heavy atom. The Balaban J connectivity index is 1.63. The number of methoxy groups -OCH3 is 2. The first kappa shape index (κ1) is 17.9. The molecule has 0 radical (unpaired) electrons. The molecule has 1 aromatic carbocycles. The molecule has 1 N–H and O–H groups in total. The van der Waals surface area contributed by atoms with Crippen LogP contribution in [0.5, 0.6) is 5.75 Å². The SMILES string of the molecule is COCCN1CCn2cc(C(=O)NCc3ccc(OC)cc3)nc2C1=O. The van der Waals surface area contributed by atoms with Crippen LogP contribution in [0.25, 0.3) is 0 Å². The second-order valence-corrected chi connectivity index (χ2v) is 5.96. The van der Waals surface area contributed by atoms with Crippen molar-refractivity contribution in [3.05, 3.63) is 47.5 Å². The molecule has 1 aliphatic rings. The van der Waals surface area contributed by atoms with Crippen LogP contribution in [0.15, 0.2) is 30.5 Å². The molecule has 138 valence electrons. The van der Waals surface area contributed by atoms with Crippen molar-refractivity contribution in [3.63, 3.8) is 0 Å². The van der Waals surface area contributed by atoms with Gasteiger partial charge in [0.05, 0.1) is 13.7 Å². The summed E-state index contributed by atoms with van der Waals surface area (Å²) < 4.78 is 11.9. The Morgan fingerprint density at radius 1 is 1.23 bits per heavy atom. The molecule has 2 aromatic rings. The van der Waals surface area contributed by atoms with Crippen LogP contribution in [-0.4, -0.2) is 60.2 Å². The molecule has 0 unspecified atom stereocenters. The normalized spacial score (nSPS) is 13.5. The summed E-state index contributed by atoms with van der Waals surface area (Å²) >= 11 is 0. The van der Waals surface area contributed by atoms with Gasteiger partial charge in [-0.3, -0.25) is 9.59 Å². The molecule has 0 saturated carbocycles. The lowest BCUT2D eigenvalue weighted by Gasteiger charge is -2.26. The average molecular weight is 358 g/mol. The van der Waals surface area contributed by atoms with Gasteiger partial charge in [0.25, 0.3) is 11.8 Å². The third-order valence-electron chi connectivity index (χ3n) is 4.28. The van der Waals surface area contributed by atoms with Gasteiger partial charge in [-0.05, 0) is 17.7 Å². The molecule has 8 heteroatoms. The van der Waals surface area contributed by atoms with Gasteiger partial charge >= 0.3 is 0 Å². The number of imidazole rings is 1. The van der Waals surface area contributed by atoms with E-state index in [0.717, 1.165) is 11.3 Å². The van der Waals surface area contributed by atoms with Crippen molar-refractivity contribution in [2.75, 3.05) is 33.9 Å². The molecular weight excluding hydrogens is 336 g/mol. The van der Waals surface area contributed by atoms with Crippen molar-refractivity contribution in [1.82, 2.24) is 19.8 Å². The summed E-state index contributed by atoms with van der Waals surface area (Å²) in [5.74, 6) is 0.571. The molecule has 2 heterocycles. The van der Waals surface area contributed by atoms with E-state index in [2.05, 4.69) is 10.3 Å². The molecule has 26 heavy (non-hydrogen) atoms. The fourth-order valence-electron chi connectivity index (χ4n) is 2.77. The molecule has 1 aliphatic heterocycles. The Kier molecular flexibility index (Phi) is 5.52. The Morgan fingerprint density at radius 2 is 2.00 bits per heavy atom. The third-order valence-corrected chi connectivity index (χ3v) is 4.28. The summed E-state index contributed by atoms with van der Waals surface area (Å²) in [6, 6.07) is 7.44. The highest BCUT2D eigenvalue weighted by atomic mass is 16.5. The highest BCUT2D eigenvalue weighted by Gasteiger charge is 2.27. The van der Waals surface area contributed by atoms with Crippen LogP contribution in [0, 0.1) is 0 Å². The van der Waals surface area contributed by atoms with Gasteiger partial charge < -0.3 is 24.3 Å². The zero-order valence-electron chi connectivity index (χ0n) is 14.9. The number of nitrogens with zero attached hydrogens (tertiary/aromatic N) is 3. The standard InChI is InChI=1S/C18H22N4O4/c1-25-10-9-21-7-8-22-12-15(20-16(22)18(21)24)17(23)19-11-13-3-5-14(26-2)6-4-13/h3-6,12H,7-11H2,1-2H3,(H,19,23). The maximum atomic E-state index is 12.4. The monoisotopic (exact) mass is 358 g/mol. The van der Waals surface area contributed by atoms with Crippen LogP contribution in [0.1, 0.15) is 26.7 Å². The summed E-state index contributed by atoms with van der Waals surface area (Å²) in [5.41, 5.74) is 1.19. The lowest BCUT2D eigenvalue weighted by Crippen LogP contribution is -2.42. The number of amides is 2. The van der Waals surface area contributed by atoms with E-state index in [1.807, 2.05) is 24.3 Å². The zero-order valence-corrected chi connectivity index (χ0v) is 14.9.